The number of Topliss-reactive ketones (excluding diaryl/α,β-unsaturated/α-hetero) is 2. The molecule has 2 fully saturated rings. The molecule has 2 N–H and O–H groups in total. The lowest BCUT2D eigenvalue weighted by molar-refractivity contribution is -0.138. The van der Waals surface area contributed by atoms with Crippen LogP contribution < -0.4 is 0 Å². The van der Waals surface area contributed by atoms with E-state index in [9.17, 15) is 46.1 Å². The molecule has 4 atom stereocenters. The molecule has 0 bridgehead atoms. The molecule has 4 heterocycles. The van der Waals surface area contributed by atoms with Crippen LogP contribution in [0.3, 0.4) is 0 Å². The van der Waals surface area contributed by atoms with Crippen molar-refractivity contribution in [2.45, 2.75) is 100.0 Å². The summed E-state index contributed by atoms with van der Waals surface area (Å²) >= 11 is 2.93. The van der Waals surface area contributed by atoms with Crippen molar-refractivity contribution >= 4 is 68.7 Å². The smallest absolute Gasteiger partial charge is 0.416 e. The number of aliphatic hydroxyl groups excluding tert-OH is 2. The van der Waals surface area contributed by atoms with Crippen LogP contribution in [-0.4, -0.2) is 27.9 Å². The number of alkyl halides is 6. The van der Waals surface area contributed by atoms with Crippen molar-refractivity contribution in [2.75, 3.05) is 0 Å². The molecule has 6 aliphatic carbocycles. The fraction of sp³-hybridized carbons (Fsp3) is 0.346. The maximum Gasteiger partial charge on any atom is 0.416 e. The second-order valence-corrected chi connectivity index (χ2v) is 20.9. The Kier molecular flexibility index (Phi) is 9.32. The first-order valence-corrected chi connectivity index (χ1v) is 24.0. The summed E-state index contributed by atoms with van der Waals surface area (Å²) in [7, 11) is 0. The molecule has 2 aromatic heterocycles. The lowest BCUT2D eigenvalue weighted by Crippen LogP contribution is -2.37. The molecular formula is C52H40F6O6S2. The summed E-state index contributed by atoms with van der Waals surface area (Å²) in [6.45, 7) is 0. The van der Waals surface area contributed by atoms with Crippen LogP contribution in [0.25, 0.3) is 34.4 Å². The number of allylic oxidation sites excluding steroid dienone is 6. The Morgan fingerprint density at radius 3 is 1.61 bits per heavy atom. The molecule has 0 amide bonds. The summed E-state index contributed by atoms with van der Waals surface area (Å²) < 4.78 is 97.1. The predicted molar refractivity (Wildman–Crippen MR) is 238 cm³/mol. The molecular weight excluding hydrogens is 899 g/mol. The summed E-state index contributed by atoms with van der Waals surface area (Å²) in [6.07, 6.45) is 8.50. The van der Waals surface area contributed by atoms with Crippen LogP contribution >= 0.6 is 22.7 Å². The van der Waals surface area contributed by atoms with Crippen molar-refractivity contribution in [1.82, 2.24) is 0 Å². The first-order chi connectivity index (χ1) is 31.5. The number of hydrogen-bond acceptors (Lipinski definition) is 8. The second kappa shape index (κ2) is 14.6. The highest BCUT2D eigenvalue weighted by Crippen LogP contribution is 2.59. The van der Waals surface area contributed by atoms with Gasteiger partial charge in [-0.05, 0) is 134 Å². The van der Waals surface area contributed by atoms with Crippen LogP contribution in [0.1, 0.15) is 139 Å². The van der Waals surface area contributed by atoms with Crippen molar-refractivity contribution in [1.29, 1.82) is 0 Å². The number of carbonyl (C=O) groups excluding carboxylic acids is 2. The highest BCUT2D eigenvalue weighted by atomic mass is 32.1. The van der Waals surface area contributed by atoms with E-state index in [0.29, 0.717) is 9.75 Å². The van der Waals surface area contributed by atoms with E-state index in [1.165, 1.54) is 28.7 Å². The van der Waals surface area contributed by atoms with Crippen LogP contribution in [0.2, 0.25) is 0 Å². The van der Waals surface area contributed by atoms with Gasteiger partial charge < -0.3 is 19.7 Å². The zero-order valence-electron chi connectivity index (χ0n) is 35.1. The minimum absolute atomic E-state index is 0.0376. The van der Waals surface area contributed by atoms with E-state index >= 15 is 0 Å². The van der Waals surface area contributed by atoms with Gasteiger partial charge in [-0.2, -0.15) is 26.3 Å². The van der Waals surface area contributed by atoms with Gasteiger partial charge in [0.1, 0.15) is 34.9 Å². The SMILES string of the molecule is O=C1c2ccc(C(F)(F)F)cc2/C(=C/c2cc3c(s2)C2=CC4C=C5OC6(CCCCC6)c6cc(/C=C7\C(=O)C(O)c8ccc(C(F)(F)F)cc87)sc6C5=CC4C=C2OC32CCCCC2)C1O. The Labute approximate surface area is 383 Å². The van der Waals surface area contributed by atoms with Gasteiger partial charge in [0.05, 0.1) is 11.1 Å². The van der Waals surface area contributed by atoms with E-state index in [0.717, 1.165) is 138 Å². The Morgan fingerprint density at radius 1 is 0.576 bits per heavy atom. The molecule has 66 heavy (non-hydrogen) atoms. The number of benzene rings is 2. The summed E-state index contributed by atoms with van der Waals surface area (Å²) in [4.78, 5) is 29.8. The molecule has 0 saturated heterocycles. The summed E-state index contributed by atoms with van der Waals surface area (Å²) in [5.74, 6) is -0.0713. The van der Waals surface area contributed by atoms with Crippen LogP contribution in [0, 0.1) is 11.8 Å². The fourth-order valence-electron chi connectivity index (χ4n) is 11.6. The van der Waals surface area contributed by atoms with Gasteiger partial charge in [0.2, 0.25) is 0 Å². The number of ether oxygens (including phenoxy) is 2. The maximum atomic E-state index is 13.8. The molecule has 2 aromatic carbocycles. The summed E-state index contributed by atoms with van der Waals surface area (Å²) in [5, 5.41) is 21.9. The lowest BCUT2D eigenvalue weighted by Gasteiger charge is -2.46. The molecule has 6 nitrogen and oxygen atoms in total. The van der Waals surface area contributed by atoms with E-state index in [1.807, 2.05) is 12.1 Å². The molecule has 0 radical (unpaired) electrons. The van der Waals surface area contributed by atoms with Crippen LogP contribution in [0.15, 0.2) is 84.4 Å². The van der Waals surface area contributed by atoms with Crippen molar-refractivity contribution in [3.05, 3.63) is 148 Å². The third-order valence-electron chi connectivity index (χ3n) is 14.8. The van der Waals surface area contributed by atoms with Crippen LogP contribution in [0.5, 0.6) is 0 Å². The Morgan fingerprint density at radius 2 is 1.08 bits per heavy atom. The van der Waals surface area contributed by atoms with Crippen molar-refractivity contribution in [3.63, 3.8) is 0 Å². The number of fused-ring (bicyclic) bond motifs is 11. The first-order valence-electron chi connectivity index (χ1n) is 22.4. The van der Waals surface area contributed by atoms with Crippen LogP contribution in [-0.2, 0) is 37.8 Å². The van der Waals surface area contributed by atoms with E-state index in [2.05, 4.69) is 24.3 Å². The van der Waals surface area contributed by atoms with Gasteiger partial charge in [-0.3, -0.25) is 9.59 Å². The molecule has 4 unspecified atom stereocenters. The molecule has 2 saturated carbocycles. The Hall–Kier alpha value is -5.28. The maximum absolute atomic E-state index is 13.8. The van der Waals surface area contributed by atoms with E-state index in [-0.39, 0.29) is 45.2 Å². The lowest BCUT2D eigenvalue weighted by atomic mass is 9.72. The molecule has 8 aliphatic rings. The number of thiophene rings is 2. The third-order valence-corrected chi connectivity index (χ3v) is 17.0. The number of ketones is 2. The number of halogens is 6. The average molecular weight is 939 g/mol. The third kappa shape index (κ3) is 6.41. The minimum atomic E-state index is -4.63. The summed E-state index contributed by atoms with van der Waals surface area (Å²) in [6, 6.07) is 9.96. The topological polar surface area (TPSA) is 93.1 Å². The van der Waals surface area contributed by atoms with Gasteiger partial charge in [-0.1, -0.05) is 37.1 Å². The van der Waals surface area contributed by atoms with Crippen molar-refractivity contribution < 1.29 is 55.6 Å². The molecule has 2 spiro atoms. The van der Waals surface area contributed by atoms with E-state index < -0.39 is 58.5 Å². The molecule has 2 aliphatic heterocycles. The van der Waals surface area contributed by atoms with Gasteiger partial charge in [-0.25, -0.2) is 0 Å². The normalized spacial score (nSPS) is 26.8. The number of aliphatic hydroxyl groups is 2. The molecule has 4 aromatic rings. The average Bonchev–Trinajstić information content (AvgIpc) is 4.04. The first kappa shape index (κ1) is 42.1. The highest BCUT2D eigenvalue weighted by Gasteiger charge is 2.49. The Bertz CT molecular complexity index is 3010. The Balaban J connectivity index is 0.941. The standard InChI is InChI=1S/C52H40F6O6S2/c53-51(54,55)27-7-9-31-33(19-27)35(45(61)43(31)59)21-29-23-39-47(65-29)37-15-26-18-42-38(16-25(26)17-41(37)63-49(39)11-3-1-4-12-49)48-40(50(64-42)13-5-2-6-14-50)24-30(66-48)22-36-34-20-28(52(56,57)58)8-10-32(34)44(60)46(36)62/h7-10,15-26,43,46,59,62H,1-6,11-14H2/b35-21-,36-22-. The van der Waals surface area contributed by atoms with Gasteiger partial charge in [0.15, 0.2) is 11.6 Å². The number of carbonyl (C=O) groups is 2. The van der Waals surface area contributed by atoms with Crippen molar-refractivity contribution in [3.8, 4) is 0 Å². The van der Waals surface area contributed by atoms with Gasteiger partial charge in [-0.15, -0.1) is 22.7 Å². The van der Waals surface area contributed by atoms with Crippen LogP contribution in [0.4, 0.5) is 26.3 Å². The zero-order valence-corrected chi connectivity index (χ0v) is 36.7. The quantitative estimate of drug-likeness (QED) is 0.154. The monoisotopic (exact) mass is 938 g/mol. The zero-order chi connectivity index (χ0) is 45.7. The fourth-order valence-corrected chi connectivity index (χ4v) is 14.0. The minimum Gasteiger partial charge on any atom is -0.482 e. The highest BCUT2D eigenvalue weighted by molar-refractivity contribution is 7.14. The van der Waals surface area contributed by atoms with E-state index in [1.54, 1.807) is 12.2 Å². The van der Waals surface area contributed by atoms with Gasteiger partial charge >= 0.3 is 12.4 Å². The molecule has 14 heteroatoms. The van der Waals surface area contributed by atoms with E-state index in [4.69, 9.17) is 9.47 Å². The number of rotatable bonds is 2. The second-order valence-electron chi connectivity index (χ2n) is 18.7. The summed E-state index contributed by atoms with van der Waals surface area (Å²) in [5.41, 5.74) is 1.24. The van der Waals surface area contributed by atoms with Crippen molar-refractivity contribution in [2.24, 2.45) is 11.8 Å². The van der Waals surface area contributed by atoms with Gasteiger partial charge in [0.25, 0.3) is 0 Å². The molecule has 338 valence electrons. The van der Waals surface area contributed by atoms with Gasteiger partial charge in [0, 0.05) is 64.8 Å². The predicted octanol–water partition coefficient (Wildman–Crippen LogP) is 13.0. The number of hydrogen-bond donors (Lipinski definition) is 2. The largest absolute Gasteiger partial charge is 0.482 e. The molecule has 12 rings (SSSR count).